The van der Waals surface area contributed by atoms with Crippen molar-refractivity contribution >= 4 is 38.5 Å². The zero-order chi connectivity index (χ0) is 23.3. The molecule has 0 fully saturated rings. The van der Waals surface area contributed by atoms with Crippen molar-refractivity contribution in [3.8, 4) is 11.5 Å². The third-order valence-electron chi connectivity index (χ3n) is 5.66. The van der Waals surface area contributed by atoms with Gasteiger partial charge in [-0.15, -0.1) is 0 Å². The number of carbonyl (C=O) groups is 1. The summed E-state index contributed by atoms with van der Waals surface area (Å²) < 4.78 is 31.4. The highest BCUT2D eigenvalue weighted by atomic mass is 79.9. The highest BCUT2D eigenvalue weighted by Crippen LogP contribution is 2.43. The summed E-state index contributed by atoms with van der Waals surface area (Å²) in [6.45, 7) is 0. The molecule has 1 unspecified atom stereocenters. The molecule has 1 aliphatic heterocycles. The lowest BCUT2D eigenvalue weighted by Crippen LogP contribution is -2.29. The van der Waals surface area contributed by atoms with Crippen LogP contribution in [0.15, 0.2) is 74.3 Å². The number of rotatable bonds is 4. The van der Waals surface area contributed by atoms with E-state index in [0.29, 0.717) is 22.7 Å². The molecule has 5 rings (SSSR count). The molecular weight excluding hydrogens is 493 g/mol. The first-order chi connectivity index (χ1) is 15.9. The first-order valence-electron chi connectivity index (χ1n) is 10.00. The Bertz CT molecular complexity index is 1460. The minimum absolute atomic E-state index is 0.0678. The summed E-state index contributed by atoms with van der Waals surface area (Å²) in [5, 5.41) is 0.0738. The van der Waals surface area contributed by atoms with Crippen molar-refractivity contribution in [3.05, 3.63) is 98.1 Å². The Labute approximate surface area is 196 Å². The van der Waals surface area contributed by atoms with Gasteiger partial charge >= 0.3 is 0 Å². The number of halogens is 2. The summed E-state index contributed by atoms with van der Waals surface area (Å²) >= 11 is 3.40. The van der Waals surface area contributed by atoms with Crippen molar-refractivity contribution in [1.29, 1.82) is 0 Å². The fourth-order valence-corrected chi connectivity index (χ4v) is 4.42. The largest absolute Gasteiger partial charge is 0.493 e. The highest BCUT2D eigenvalue weighted by Gasteiger charge is 2.44. The number of hydrogen-bond acceptors (Lipinski definition) is 5. The molecule has 4 aromatic rings. The number of anilines is 1. The number of benzene rings is 3. The van der Waals surface area contributed by atoms with Crippen molar-refractivity contribution in [2.24, 2.45) is 0 Å². The van der Waals surface area contributed by atoms with E-state index in [4.69, 9.17) is 13.9 Å². The molecule has 0 saturated carbocycles. The van der Waals surface area contributed by atoms with Gasteiger partial charge in [0.2, 0.25) is 5.76 Å². The topological polar surface area (TPSA) is 69.0 Å². The molecule has 166 valence electrons. The first-order valence-corrected chi connectivity index (χ1v) is 10.8. The number of methoxy groups -OCH3 is 2. The van der Waals surface area contributed by atoms with Crippen LogP contribution >= 0.6 is 15.9 Å². The molecular formula is C25H17BrFNO5. The molecule has 1 aliphatic rings. The van der Waals surface area contributed by atoms with E-state index < -0.39 is 23.2 Å². The molecule has 0 spiro atoms. The second-order valence-corrected chi connectivity index (χ2v) is 8.40. The second kappa shape index (κ2) is 8.04. The number of fused-ring (bicyclic) bond motifs is 2. The third-order valence-corrected chi connectivity index (χ3v) is 6.19. The lowest BCUT2D eigenvalue weighted by Gasteiger charge is -2.26. The number of hydrogen-bond donors (Lipinski definition) is 0. The van der Waals surface area contributed by atoms with Gasteiger partial charge in [-0.2, -0.15) is 0 Å². The molecule has 6 nitrogen and oxygen atoms in total. The van der Waals surface area contributed by atoms with Crippen LogP contribution in [-0.4, -0.2) is 20.1 Å². The molecule has 8 heteroatoms. The number of nitrogens with zero attached hydrogens (tertiary/aromatic N) is 1. The maximum Gasteiger partial charge on any atom is 0.295 e. The molecule has 0 N–H and O–H groups in total. The summed E-state index contributed by atoms with van der Waals surface area (Å²) in [7, 11) is 3.03. The van der Waals surface area contributed by atoms with Gasteiger partial charge < -0.3 is 13.9 Å². The summed E-state index contributed by atoms with van der Waals surface area (Å²) in [6, 6.07) is 15.2. The SMILES string of the molecule is COc1ccc(C2c3c(oc4ccc(F)cc4c3=O)C(=O)N2c2ccc(Br)cc2)cc1OC. The Morgan fingerprint density at radius 3 is 2.36 bits per heavy atom. The fraction of sp³-hybridized carbons (Fsp3) is 0.120. The maximum absolute atomic E-state index is 13.9. The molecule has 3 aromatic carbocycles. The zero-order valence-corrected chi connectivity index (χ0v) is 19.2. The van der Waals surface area contributed by atoms with Crippen LogP contribution in [0.5, 0.6) is 11.5 Å². The second-order valence-electron chi connectivity index (χ2n) is 7.48. The molecule has 1 atom stereocenters. The van der Waals surface area contributed by atoms with E-state index in [1.165, 1.54) is 31.3 Å². The Morgan fingerprint density at radius 1 is 0.939 bits per heavy atom. The minimum Gasteiger partial charge on any atom is -0.493 e. The van der Waals surface area contributed by atoms with Crippen molar-refractivity contribution in [1.82, 2.24) is 0 Å². The van der Waals surface area contributed by atoms with Gasteiger partial charge in [-0.05, 0) is 60.2 Å². The van der Waals surface area contributed by atoms with Crippen LogP contribution in [0.25, 0.3) is 11.0 Å². The van der Waals surface area contributed by atoms with Gasteiger partial charge in [-0.3, -0.25) is 14.5 Å². The molecule has 33 heavy (non-hydrogen) atoms. The fourth-order valence-electron chi connectivity index (χ4n) is 4.15. The van der Waals surface area contributed by atoms with Crippen LogP contribution in [0.1, 0.15) is 27.7 Å². The van der Waals surface area contributed by atoms with Gasteiger partial charge in [0, 0.05) is 10.2 Å². The Balaban J connectivity index is 1.81. The molecule has 0 bridgehead atoms. The predicted octanol–water partition coefficient (Wildman–Crippen LogP) is 5.46. The number of amides is 1. The summed E-state index contributed by atoms with van der Waals surface area (Å²) in [4.78, 5) is 28.6. The van der Waals surface area contributed by atoms with E-state index in [2.05, 4.69) is 15.9 Å². The van der Waals surface area contributed by atoms with Gasteiger partial charge in [0.1, 0.15) is 11.4 Å². The Hall–Kier alpha value is -3.65. The number of carbonyl (C=O) groups excluding carboxylic acids is 1. The quantitative estimate of drug-likeness (QED) is 0.365. The van der Waals surface area contributed by atoms with Gasteiger partial charge in [-0.25, -0.2) is 4.39 Å². The molecule has 1 amide bonds. The van der Waals surface area contributed by atoms with E-state index in [1.807, 2.05) is 0 Å². The molecule has 0 saturated heterocycles. The minimum atomic E-state index is -0.808. The van der Waals surface area contributed by atoms with Gasteiger partial charge in [-0.1, -0.05) is 22.0 Å². The van der Waals surface area contributed by atoms with Crippen molar-refractivity contribution in [2.45, 2.75) is 6.04 Å². The van der Waals surface area contributed by atoms with Crippen LogP contribution in [-0.2, 0) is 0 Å². The third kappa shape index (κ3) is 3.38. The van der Waals surface area contributed by atoms with Crippen LogP contribution in [0.2, 0.25) is 0 Å². The van der Waals surface area contributed by atoms with Gasteiger partial charge in [0.05, 0.1) is 31.2 Å². The predicted molar refractivity (Wildman–Crippen MR) is 125 cm³/mol. The lowest BCUT2D eigenvalue weighted by molar-refractivity contribution is 0.0971. The monoisotopic (exact) mass is 509 g/mol. The first kappa shape index (κ1) is 21.2. The summed E-state index contributed by atoms with van der Waals surface area (Å²) in [5.74, 6) is -0.139. The van der Waals surface area contributed by atoms with Crippen molar-refractivity contribution < 1.29 is 23.1 Å². The Morgan fingerprint density at radius 2 is 1.67 bits per heavy atom. The summed E-state index contributed by atoms with van der Waals surface area (Å²) in [5.41, 5.74) is 1.03. The molecule has 0 aliphatic carbocycles. The van der Waals surface area contributed by atoms with Crippen LogP contribution in [0, 0.1) is 5.82 Å². The maximum atomic E-state index is 13.9. The normalized spacial score (nSPS) is 15.1. The van der Waals surface area contributed by atoms with Crippen LogP contribution in [0.4, 0.5) is 10.1 Å². The van der Waals surface area contributed by atoms with E-state index in [0.717, 1.165) is 10.5 Å². The standard InChI is InChI=1S/C25H17BrFNO5/c1-31-19-9-3-13(11-20(19)32-2)22-21-23(29)17-12-15(27)6-10-18(17)33-24(21)25(30)28(22)16-7-4-14(26)5-8-16/h3-12,22H,1-2H3. The number of ether oxygens (including phenoxy) is 2. The Kier molecular flexibility index (Phi) is 5.17. The average molecular weight is 510 g/mol. The van der Waals surface area contributed by atoms with E-state index >= 15 is 0 Å². The highest BCUT2D eigenvalue weighted by molar-refractivity contribution is 9.10. The van der Waals surface area contributed by atoms with Crippen molar-refractivity contribution in [3.63, 3.8) is 0 Å². The van der Waals surface area contributed by atoms with E-state index in [1.54, 1.807) is 42.5 Å². The smallest absolute Gasteiger partial charge is 0.295 e. The molecule has 1 aromatic heterocycles. The van der Waals surface area contributed by atoms with Gasteiger partial charge in [0.25, 0.3) is 5.91 Å². The average Bonchev–Trinajstić information content (AvgIpc) is 3.12. The van der Waals surface area contributed by atoms with Crippen LogP contribution in [0.3, 0.4) is 0 Å². The molecule has 2 heterocycles. The van der Waals surface area contributed by atoms with E-state index in [-0.39, 0.29) is 22.3 Å². The van der Waals surface area contributed by atoms with E-state index in [9.17, 15) is 14.0 Å². The summed E-state index contributed by atoms with van der Waals surface area (Å²) in [6.07, 6.45) is 0. The molecule has 0 radical (unpaired) electrons. The van der Waals surface area contributed by atoms with Crippen molar-refractivity contribution in [2.75, 3.05) is 19.1 Å². The van der Waals surface area contributed by atoms with Gasteiger partial charge in [0.15, 0.2) is 16.9 Å². The lowest BCUT2D eigenvalue weighted by atomic mass is 9.97. The van der Waals surface area contributed by atoms with Crippen LogP contribution < -0.4 is 19.8 Å². The zero-order valence-electron chi connectivity index (χ0n) is 17.6.